The summed E-state index contributed by atoms with van der Waals surface area (Å²) < 4.78 is 5.17. The first-order chi connectivity index (χ1) is 12.5. The van der Waals surface area contributed by atoms with Crippen molar-refractivity contribution >= 4 is 29.5 Å². The Morgan fingerprint density at radius 2 is 1.65 bits per heavy atom. The first-order valence-corrected chi connectivity index (χ1v) is 9.27. The molecule has 1 heterocycles. The van der Waals surface area contributed by atoms with Crippen LogP contribution < -0.4 is 0 Å². The lowest BCUT2D eigenvalue weighted by Gasteiger charge is -2.13. The third-order valence-corrected chi connectivity index (χ3v) is 5.26. The van der Waals surface area contributed by atoms with Gasteiger partial charge in [-0.2, -0.15) is 0 Å². The monoisotopic (exact) mass is 369 g/mol. The van der Waals surface area contributed by atoms with Gasteiger partial charge in [0.2, 0.25) is 0 Å². The number of nitrogens with zero attached hydrogens (tertiary/aromatic N) is 1. The number of rotatable bonds is 6. The Morgan fingerprint density at radius 1 is 1.00 bits per heavy atom. The molecule has 2 amide bonds. The smallest absolute Gasteiger partial charge is 0.316 e. The highest BCUT2D eigenvalue weighted by Gasteiger charge is 2.34. The van der Waals surface area contributed by atoms with E-state index in [1.54, 1.807) is 24.3 Å². The fraction of sp³-hybridized carbons (Fsp3) is 0.250. The highest BCUT2D eigenvalue weighted by molar-refractivity contribution is 8.00. The van der Waals surface area contributed by atoms with Crippen molar-refractivity contribution in [2.24, 2.45) is 0 Å². The molecule has 0 aromatic heterocycles. The van der Waals surface area contributed by atoms with E-state index in [0.29, 0.717) is 11.1 Å². The molecule has 3 rings (SSSR count). The number of benzene rings is 2. The van der Waals surface area contributed by atoms with E-state index in [9.17, 15) is 14.4 Å². The second kappa shape index (κ2) is 7.74. The molecule has 0 spiro atoms. The molecule has 26 heavy (non-hydrogen) atoms. The summed E-state index contributed by atoms with van der Waals surface area (Å²) in [7, 11) is 0. The van der Waals surface area contributed by atoms with Crippen molar-refractivity contribution in [2.75, 3.05) is 18.9 Å². The molecule has 0 saturated heterocycles. The van der Waals surface area contributed by atoms with E-state index in [1.165, 1.54) is 22.9 Å². The van der Waals surface area contributed by atoms with Crippen LogP contribution in [0.25, 0.3) is 0 Å². The van der Waals surface area contributed by atoms with E-state index in [4.69, 9.17) is 4.74 Å². The van der Waals surface area contributed by atoms with E-state index in [2.05, 4.69) is 0 Å². The van der Waals surface area contributed by atoms with Gasteiger partial charge < -0.3 is 4.74 Å². The molecule has 0 fully saturated rings. The Balaban J connectivity index is 1.46. The number of ether oxygens (including phenoxy) is 1. The van der Waals surface area contributed by atoms with Crippen LogP contribution in [0.3, 0.4) is 0 Å². The van der Waals surface area contributed by atoms with Crippen LogP contribution in [-0.2, 0) is 9.53 Å². The van der Waals surface area contributed by atoms with Crippen molar-refractivity contribution in [1.29, 1.82) is 0 Å². The van der Waals surface area contributed by atoms with Crippen molar-refractivity contribution < 1.29 is 19.1 Å². The molecule has 1 aliphatic rings. The Bertz CT molecular complexity index is 843. The van der Waals surface area contributed by atoms with Gasteiger partial charge in [-0.25, -0.2) is 0 Å². The number of aryl methyl sites for hydroxylation is 2. The minimum atomic E-state index is -0.371. The third-order valence-electron chi connectivity index (χ3n) is 4.29. The fourth-order valence-corrected chi connectivity index (χ4v) is 3.47. The first-order valence-electron chi connectivity index (χ1n) is 8.28. The molecule has 6 heteroatoms. The van der Waals surface area contributed by atoms with Crippen LogP contribution in [0.2, 0.25) is 0 Å². The number of hydrogen-bond acceptors (Lipinski definition) is 5. The zero-order valence-corrected chi connectivity index (χ0v) is 15.5. The molecule has 0 atom stereocenters. The molecule has 0 bridgehead atoms. The maximum absolute atomic E-state index is 12.2. The SMILES string of the molecule is Cc1ccc(SCC(=O)OCCN2C(=O)c3ccccc3C2=O)cc1C. The summed E-state index contributed by atoms with van der Waals surface area (Å²) in [6.45, 7) is 4.13. The molecule has 0 N–H and O–H groups in total. The predicted octanol–water partition coefficient (Wildman–Crippen LogP) is 3.23. The summed E-state index contributed by atoms with van der Waals surface area (Å²) in [4.78, 5) is 38.4. The van der Waals surface area contributed by atoms with Gasteiger partial charge in [-0.1, -0.05) is 18.2 Å². The summed E-state index contributed by atoms with van der Waals surface area (Å²) in [5.74, 6) is -0.868. The molecule has 0 unspecified atom stereocenters. The molecule has 1 aliphatic heterocycles. The van der Waals surface area contributed by atoms with Crippen LogP contribution in [0.1, 0.15) is 31.8 Å². The van der Waals surface area contributed by atoms with Crippen LogP contribution in [0.5, 0.6) is 0 Å². The largest absolute Gasteiger partial charge is 0.463 e. The summed E-state index contributed by atoms with van der Waals surface area (Å²) in [6.07, 6.45) is 0. The quantitative estimate of drug-likeness (QED) is 0.444. The Morgan fingerprint density at radius 3 is 2.27 bits per heavy atom. The van der Waals surface area contributed by atoms with E-state index in [-0.39, 0.29) is 36.7 Å². The fourth-order valence-electron chi connectivity index (χ4n) is 2.68. The van der Waals surface area contributed by atoms with Crippen LogP contribution in [0, 0.1) is 13.8 Å². The predicted molar refractivity (Wildman–Crippen MR) is 99.4 cm³/mol. The van der Waals surface area contributed by atoms with Crippen molar-refractivity contribution in [1.82, 2.24) is 4.90 Å². The molecule has 0 saturated carbocycles. The van der Waals surface area contributed by atoms with Crippen LogP contribution >= 0.6 is 11.8 Å². The number of carbonyl (C=O) groups excluding carboxylic acids is 3. The molecule has 0 aliphatic carbocycles. The maximum atomic E-state index is 12.2. The summed E-state index contributed by atoms with van der Waals surface area (Å²) in [5, 5.41) is 0. The van der Waals surface area contributed by atoms with Gasteiger partial charge in [0, 0.05) is 4.90 Å². The van der Waals surface area contributed by atoms with Crippen molar-refractivity contribution in [3.05, 3.63) is 64.7 Å². The normalized spacial score (nSPS) is 13.1. The number of hydrogen-bond donors (Lipinski definition) is 0. The lowest BCUT2D eigenvalue weighted by atomic mass is 10.1. The number of imide groups is 1. The highest BCUT2D eigenvalue weighted by Crippen LogP contribution is 2.23. The van der Waals surface area contributed by atoms with Crippen molar-refractivity contribution in [2.45, 2.75) is 18.7 Å². The first kappa shape index (κ1) is 18.2. The molecule has 2 aromatic carbocycles. The maximum Gasteiger partial charge on any atom is 0.316 e. The number of carbonyl (C=O) groups is 3. The Kier molecular flexibility index (Phi) is 5.42. The highest BCUT2D eigenvalue weighted by atomic mass is 32.2. The van der Waals surface area contributed by atoms with Gasteiger partial charge in [0.05, 0.1) is 23.4 Å². The van der Waals surface area contributed by atoms with Gasteiger partial charge in [0.15, 0.2) is 0 Å². The molecule has 0 radical (unpaired) electrons. The van der Waals surface area contributed by atoms with E-state index in [0.717, 1.165) is 9.80 Å². The summed E-state index contributed by atoms with van der Waals surface area (Å²) >= 11 is 1.40. The second-order valence-corrected chi connectivity index (χ2v) is 7.11. The van der Waals surface area contributed by atoms with Gasteiger partial charge in [0.1, 0.15) is 6.61 Å². The van der Waals surface area contributed by atoms with E-state index >= 15 is 0 Å². The molecule has 2 aromatic rings. The number of esters is 1. The minimum Gasteiger partial charge on any atom is -0.463 e. The lowest BCUT2D eigenvalue weighted by molar-refractivity contribution is -0.140. The van der Waals surface area contributed by atoms with Crippen LogP contribution in [0.15, 0.2) is 47.4 Å². The molecule has 5 nitrogen and oxygen atoms in total. The average Bonchev–Trinajstić information content (AvgIpc) is 2.88. The van der Waals surface area contributed by atoms with Crippen molar-refractivity contribution in [3.8, 4) is 0 Å². The van der Waals surface area contributed by atoms with Gasteiger partial charge in [-0.05, 0) is 49.2 Å². The zero-order valence-electron chi connectivity index (χ0n) is 14.7. The van der Waals surface area contributed by atoms with Gasteiger partial charge in [-0.15, -0.1) is 11.8 Å². The number of thioether (sulfide) groups is 1. The van der Waals surface area contributed by atoms with Gasteiger partial charge in [-0.3, -0.25) is 19.3 Å². The van der Waals surface area contributed by atoms with Crippen LogP contribution in [0.4, 0.5) is 0 Å². The second-order valence-electron chi connectivity index (χ2n) is 6.06. The molecule has 134 valence electrons. The summed E-state index contributed by atoms with van der Waals surface area (Å²) in [5.41, 5.74) is 3.18. The summed E-state index contributed by atoms with van der Waals surface area (Å²) in [6, 6.07) is 12.7. The number of fused-ring (bicyclic) bond motifs is 1. The van der Waals surface area contributed by atoms with E-state index < -0.39 is 0 Å². The van der Waals surface area contributed by atoms with Crippen molar-refractivity contribution in [3.63, 3.8) is 0 Å². The zero-order chi connectivity index (χ0) is 18.7. The Hall–Kier alpha value is -2.60. The molecular formula is C20H19NO4S. The van der Waals surface area contributed by atoms with Gasteiger partial charge in [0.25, 0.3) is 11.8 Å². The lowest BCUT2D eigenvalue weighted by Crippen LogP contribution is -2.33. The van der Waals surface area contributed by atoms with Gasteiger partial charge >= 0.3 is 5.97 Å². The minimum absolute atomic E-state index is 0.00219. The third kappa shape index (κ3) is 3.80. The number of amides is 2. The van der Waals surface area contributed by atoms with Crippen LogP contribution in [-0.4, -0.2) is 41.6 Å². The average molecular weight is 369 g/mol. The Labute approximate surface area is 156 Å². The van der Waals surface area contributed by atoms with E-state index in [1.807, 2.05) is 32.0 Å². The topological polar surface area (TPSA) is 63.7 Å². The molecular weight excluding hydrogens is 350 g/mol. The standard InChI is InChI=1S/C20H19NO4S/c1-13-7-8-15(11-14(13)2)26-12-18(22)25-10-9-21-19(23)16-5-3-4-6-17(16)20(21)24/h3-8,11H,9-10,12H2,1-2H3.